The van der Waals surface area contributed by atoms with Gasteiger partial charge in [-0.2, -0.15) is 5.21 Å². The van der Waals surface area contributed by atoms with Crippen LogP contribution in [0.15, 0.2) is 6.07 Å². The lowest BCUT2D eigenvalue weighted by Crippen LogP contribution is -2.28. The molecule has 1 aliphatic rings. The van der Waals surface area contributed by atoms with Gasteiger partial charge in [0.05, 0.1) is 10.9 Å². The fourth-order valence-electron chi connectivity index (χ4n) is 2.54. The van der Waals surface area contributed by atoms with Crippen LogP contribution in [0.1, 0.15) is 58.2 Å². The third-order valence-corrected chi connectivity index (χ3v) is 4.76. The number of hydrogen-bond donors (Lipinski definition) is 2. The predicted molar refractivity (Wildman–Crippen MR) is 75.6 cm³/mol. The first-order valence-corrected chi connectivity index (χ1v) is 7.75. The summed E-state index contributed by atoms with van der Waals surface area (Å²) in [6.07, 6.45) is 5.17. The highest BCUT2D eigenvalue weighted by Gasteiger charge is 2.22. The number of hydrogen-bond acceptors (Lipinski definition) is 5. The first kappa shape index (κ1) is 13.2. The largest absolute Gasteiger partial charge is 0.341 e. The molecular formula is C13H17N5OS. The second kappa shape index (κ2) is 5.70. The summed E-state index contributed by atoms with van der Waals surface area (Å²) in [5.74, 6) is 0.511. The number of thiophene rings is 1. The molecule has 1 amide bonds. The van der Waals surface area contributed by atoms with E-state index in [1.54, 1.807) is 11.3 Å². The SMILES string of the molecule is CCCC(NC(=O)c1cc2c(s1)CCC2)c1nn[nH]n1. The molecule has 3 rings (SSSR count). The molecule has 0 aliphatic heterocycles. The number of rotatable bonds is 5. The van der Waals surface area contributed by atoms with Crippen molar-refractivity contribution in [2.45, 2.75) is 45.1 Å². The van der Waals surface area contributed by atoms with Gasteiger partial charge >= 0.3 is 0 Å². The van der Waals surface area contributed by atoms with Crippen molar-refractivity contribution >= 4 is 17.2 Å². The van der Waals surface area contributed by atoms with Gasteiger partial charge in [0.15, 0.2) is 5.82 Å². The number of tetrazole rings is 1. The second-order valence-electron chi connectivity index (χ2n) is 5.00. The van der Waals surface area contributed by atoms with Crippen LogP contribution in [0, 0.1) is 0 Å². The number of fused-ring (bicyclic) bond motifs is 1. The molecule has 20 heavy (non-hydrogen) atoms. The van der Waals surface area contributed by atoms with Crippen LogP contribution in [0.3, 0.4) is 0 Å². The number of aromatic nitrogens is 4. The molecule has 0 saturated carbocycles. The topological polar surface area (TPSA) is 83.6 Å². The Balaban J connectivity index is 1.72. The number of aromatic amines is 1. The summed E-state index contributed by atoms with van der Waals surface area (Å²) in [5, 5.41) is 17.0. The molecule has 0 bridgehead atoms. The molecule has 2 N–H and O–H groups in total. The van der Waals surface area contributed by atoms with Crippen molar-refractivity contribution in [2.75, 3.05) is 0 Å². The number of nitrogens with zero attached hydrogens (tertiary/aromatic N) is 3. The number of aryl methyl sites for hydroxylation is 2. The van der Waals surface area contributed by atoms with Gasteiger partial charge in [-0.25, -0.2) is 0 Å². The van der Waals surface area contributed by atoms with Crippen molar-refractivity contribution in [2.24, 2.45) is 0 Å². The van der Waals surface area contributed by atoms with Crippen LogP contribution < -0.4 is 5.32 Å². The van der Waals surface area contributed by atoms with E-state index in [1.807, 2.05) is 6.07 Å². The van der Waals surface area contributed by atoms with Crippen LogP contribution in [0.4, 0.5) is 0 Å². The van der Waals surface area contributed by atoms with E-state index in [0.29, 0.717) is 5.82 Å². The van der Waals surface area contributed by atoms with Gasteiger partial charge in [0, 0.05) is 4.88 Å². The Hall–Kier alpha value is -1.76. The summed E-state index contributed by atoms with van der Waals surface area (Å²) in [4.78, 5) is 14.5. The molecule has 0 saturated heterocycles. The first-order chi connectivity index (χ1) is 9.78. The van der Waals surface area contributed by atoms with Gasteiger partial charge in [-0.15, -0.1) is 21.5 Å². The maximum atomic E-state index is 12.3. The fraction of sp³-hybridized carbons (Fsp3) is 0.538. The van der Waals surface area contributed by atoms with Gasteiger partial charge in [-0.3, -0.25) is 4.79 Å². The molecule has 1 atom stereocenters. The highest BCUT2D eigenvalue weighted by atomic mass is 32.1. The summed E-state index contributed by atoms with van der Waals surface area (Å²) >= 11 is 1.61. The fourth-order valence-corrected chi connectivity index (χ4v) is 3.70. The highest BCUT2D eigenvalue weighted by molar-refractivity contribution is 7.14. The summed E-state index contributed by atoms with van der Waals surface area (Å²) in [5.41, 5.74) is 1.34. The molecular weight excluding hydrogens is 274 g/mol. The van der Waals surface area contributed by atoms with Crippen LogP contribution in [0.25, 0.3) is 0 Å². The number of H-pyrrole nitrogens is 1. The van der Waals surface area contributed by atoms with Crippen molar-refractivity contribution in [3.05, 3.63) is 27.2 Å². The minimum Gasteiger partial charge on any atom is -0.341 e. The average Bonchev–Trinajstić information content (AvgIpc) is 3.14. The van der Waals surface area contributed by atoms with Gasteiger partial charge in [-0.1, -0.05) is 18.6 Å². The number of amides is 1. The summed E-state index contributed by atoms with van der Waals surface area (Å²) < 4.78 is 0. The lowest BCUT2D eigenvalue weighted by Gasteiger charge is -2.13. The van der Waals surface area contributed by atoms with Crippen molar-refractivity contribution in [1.29, 1.82) is 0 Å². The Morgan fingerprint density at radius 2 is 2.45 bits per heavy atom. The van der Waals surface area contributed by atoms with E-state index in [-0.39, 0.29) is 11.9 Å². The minimum atomic E-state index is -0.178. The monoisotopic (exact) mass is 291 g/mol. The van der Waals surface area contributed by atoms with Crippen LogP contribution in [0.2, 0.25) is 0 Å². The summed E-state index contributed by atoms with van der Waals surface area (Å²) in [6.45, 7) is 2.07. The highest BCUT2D eigenvalue weighted by Crippen LogP contribution is 2.30. The zero-order chi connectivity index (χ0) is 13.9. The maximum Gasteiger partial charge on any atom is 0.261 e. The van der Waals surface area contributed by atoms with Gasteiger partial charge in [-0.05, 0) is 37.3 Å². The zero-order valence-corrected chi connectivity index (χ0v) is 12.2. The van der Waals surface area contributed by atoms with Gasteiger partial charge in [0.2, 0.25) is 0 Å². The Bertz CT molecular complexity index is 570. The van der Waals surface area contributed by atoms with E-state index >= 15 is 0 Å². The standard InChI is InChI=1S/C13H17N5OS/c1-2-4-9(12-15-17-18-16-12)14-13(19)11-7-8-5-3-6-10(8)20-11/h7,9H,2-6H2,1H3,(H,14,19)(H,15,16,17,18). The molecule has 0 spiro atoms. The van der Waals surface area contributed by atoms with Crippen molar-refractivity contribution in [3.63, 3.8) is 0 Å². The molecule has 0 fully saturated rings. The lowest BCUT2D eigenvalue weighted by molar-refractivity contribution is 0.0936. The zero-order valence-electron chi connectivity index (χ0n) is 11.3. The second-order valence-corrected chi connectivity index (χ2v) is 6.13. The Kier molecular flexibility index (Phi) is 3.77. The summed E-state index contributed by atoms with van der Waals surface area (Å²) in [6, 6.07) is 1.85. The number of nitrogens with one attached hydrogen (secondary N) is 2. The lowest BCUT2D eigenvalue weighted by atomic mass is 10.1. The number of carbonyl (C=O) groups is 1. The third-order valence-electron chi connectivity index (χ3n) is 3.53. The molecule has 2 aromatic heterocycles. The predicted octanol–water partition coefficient (Wildman–Crippen LogP) is 2.02. The van der Waals surface area contributed by atoms with E-state index in [0.717, 1.165) is 30.6 Å². The van der Waals surface area contributed by atoms with Crippen molar-refractivity contribution in [1.82, 2.24) is 25.9 Å². The van der Waals surface area contributed by atoms with Crippen LogP contribution >= 0.6 is 11.3 Å². The third kappa shape index (κ3) is 2.58. The van der Waals surface area contributed by atoms with Crippen LogP contribution in [0.5, 0.6) is 0 Å². The molecule has 0 radical (unpaired) electrons. The molecule has 1 unspecified atom stereocenters. The van der Waals surface area contributed by atoms with E-state index in [9.17, 15) is 4.79 Å². The van der Waals surface area contributed by atoms with E-state index < -0.39 is 0 Å². The van der Waals surface area contributed by atoms with Crippen LogP contribution in [-0.2, 0) is 12.8 Å². The van der Waals surface area contributed by atoms with Crippen molar-refractivity contribution < 1.29 is 4.79 Å². The molecule has 2 heterocycles. The first-order valence-electron chi connectivity index (χ1n) is 6.93. The minimum absolute atomic E-state index is 0.0346. The molecule has 7 heteroatoms. The molecule has 2 aromatic rings. The molecule has 106 valence electrons. The molecule has 0 aromatic carbocycles. The average molecular weight is 291 g/mol. The van der Waals surface area contributed by atoms with Gasteiger partial charge in [0.1, 0.15) is 0 Å². The Labute approximate surface area is 121 Å². The number of carbonyl (C=O) groups excluding carboxylic acids is 1. The van der Waals surface area contributed by atoms with Crippen molar-refractivity contribution in [3.8, 4) is 0 Å². The van der Waals surface area contributed by atoms with Gasteiger partial charge in [0.25, 0.3) is 5.91 Å². The normalized spacial score (nSPS) is 15.1. The van der Waals surface area contributed by atoms with E-state index in [2.05, 4.69) is 32.9 Å². The van der Waals surface area contributed by atoms with E-state index in [1.165, 1.54) is 16.9 Å². The molecule has 1 aliphatic carbocycles. The molecule has 6 nitrogen and oxygen atoms in total. The Morgan fingerprint density at radius 3 is 3.15 bits per heavy atom. The Morgan fingerprint density at radius 1 is 1.55 bits per heavy atom. The maximum absolute atomic E-state index is 12.3. The quantitative estimate of drug-likeness (QED) is 0.882. The summed E-state index contributed by atoms with van der Waals surface area (Å²) in [7, 11) is 0. The van der Waals surface area contributed by atoms with Crippen LogP contribution in [-0.4, -0.2) is 26.5 Å². The van der Waals surface area contributed by atoms with E-state index in [4.69, 9.17) is 0 Å². The smallest absolute Gasteiger partial charge is 0.261 e. The van der Waals surface area contributed by atoms with Gasteiger partial charge < -0.3 is 5.32 Å².